The molecule has 1 saturated heterocycles. The number of benzene rings is 1. The zero-order chi connectivity index (χ0) is 23.0. The number of aromatic nitrogens is 2. The van der Waals surface area contributed by atoms with Crippen molar-refractivity contribution in [2.75, 3.05) is 33.7 Å². The molecule has 0 saturated carbocycles. The van der Waals surface area contributed by atoms with Crippen LogP contribution in [0.2, 0.25) is 0 Å². The Morgan fingerprint density at radius 3 is 2.56 bits per heavy atom. The van der Waals surface area contributed by atoms with Gasteiger partial charge >= 0.3 is 0 Å². The number of hydrogen-bond acceptors (Lipinski definition) is 3. The molecule has 0 radical (unpaired) electrons. The molecule has 1 N–H and O–H groups in total. The standard InChI is InChI=1S/C27H36N4O/c1-17(2)26-23-14-20(21-8-7-11-31(15-21)16-25(32)30(5)6)9-10-24(23)29-27(26)22-12-18(3)28-19(4)13-22/h9-10,12-14,17,21,29H,7-8,11,15-16H2,1-6H3. The smallest absolute Gasteiger partial charge is 0.236 e. The van der Waals surface area contributed by atoms with Gasteiger partial charge in [-0.05, 0) is 80.5 Å². The van der Waals surface area contributed by atoms with Crippen LogP contribution in [0.15, 0.2) is 30.3 Å². The first-order valence-electron chi connectivity index (χ1n) is 11.8. The number of nitrogens with one attached hydrogen (secondary N) is 1. The third kappa shape index (κ3) is 4.58. The Hall–Kier alpha value is -2.66. The minimum Gasteiger partial charge on any atom is -0.354 e. The predicted molar refractivity (Wildman–Crippen MR) is 132 cm³/mol. The highest BCUT2D eigenvalue weighted by Gasteiger charge is 2.25. The molecule has 1 atom stereocenters. The minimum atomic E-state index is 0.182. The van der Waals surface area contributed by atoms with E-state index in [4.69, 9.17) is 0 Å². The van der Waals surface area contributed by atoms with Crippen LogP contribution in [-0.2, 0) is 4.79 Å². The quantitative estimate of drug-likeness (QED) is 0.600. The molecule has 1 aliphatic rings. The highest BCUT2D eigenvalue weighted by molar-refractivity contribution is 5.92. The molecule has 3 aromatic rings. The van der Waals surface area contributed by atoms with Gasteiger partial charge in [0.05, 0.1) is 12.2 Å². The third-order valence-electron chi connectivity index (χ3n) is 6.64. The Morgan fingerprint density at radius 2 is 1.91 bits per heavy atom. The van der Waals surface area contributed by atoms with Gasteiger partial charge in [-0.1, -0.05) is 19.9 Å². The topological polar surface area (TPSA) is 52.2 Å². The fourth-order valence-electron chi connectivity index (χ4n) is 5.09. The van der Waals surface area contributed by atoms with E-state index in [1.807, 2.05) is 14.1 Å². The highest BCUT2D eigenvalue weighted by atomic mass is 16.2. The fourth-order valence-corrected chi connectivity index (χ4v) is 5.09. The fraction of sp³-hybridized carbons (Fsp3) is 0.481. The monoisotopic (exact) mass is 432 g/mol. The number of amides is 1. The average Bonchev–Trinajstić information content (AvgIpc) is 3.12. The van der Waals surface area contributed by atoms with E-state index >= 15 is 0 Å². The summed E-state index contributed by atoms with van der Waals surface area (Å²) in [6.07, 6.45) is 2.31. The van der Waals surface area contributed by atoms with Gasteiger partial charge in [0.1, 0.15) is 0 Å². The van der Waals surface area contributed by atoms with Crippen LogP contribution in [0.1, 0.15) is 61.0 Å². The molecule has 170 valence electrons. The van der Waals surface area contributed by atoms with Gasteiger partial charge in [-0.15, -0.1) is 0 Å². The number of nitrogens with zero attached hydrogens (tertiary/aromatic N) is 3. The molecule has 3 heterocycles. The largest absolute Gasteiger partial charge is 0.354 e. The van der Waals surface area contributed by atoms with E-state index in [9.17, 15) is 4.79 Å². The molecular weight excluding hydrogens is 396 g/mol. The third-order valence-corrected chi connectivity index (χ3v) is 6.64. The van der Waals surface area contributed by atoms with Crippen molar-refractivity contribution in [3.8, 4) is 11.3 Å². The molecule has 1 aliphatic heterocycles. The van der Waals surface area contributed by atoms with E-state index in [1.165, 1.54) is 39.7 Å². The number of rotatable bonds is 5. The van der Waals surface area contributed by atoms with Crippen molar-refractivity contribution in [3.63, 3.8) is 0 Å². The van der Waals surface area contributed by atoms with Gasteiger partial charge in [0, 0.05) is 48.5 Å². The van der Waals surface area contributed by atoms with Crippen molar-refractivity contribution >= 4 is 16.8 Å². The number of piperidine rings is 1. The SMILES string of the molecule is Cc1cc(-c2[nH]c3ccc(C4CCCN(CC(=O)N(C)C)C4)cc3c2C(C)C)cc(C)n1. The van der Waals surface area contributed by atoms with Gasteiger partial charge in [-0.25, -0.2) is 0 Å². The first kappa shape index (κ1) is 22.5. The normalized spacial score (nSPS) is 17.3. The number of likely N-dealkylation sites (tertiary alicyclic amines) is 1. The lowest BCUT2D eigenvalue weighted by Crippen LogP contribution is -2.41. The maximum atomic E-state index is 12.2. The number of carbonyl (C=O) groups is 1. The van der Waals surface area contributed by atoms with E-state index < -0.39 is 0 Å². The number of pyridine rings is 1. The molecule has 1 unspecified atom stereocenters. The van der Waals surface area contributed by atoms with Crippen LogP contribution in [-0.4, -0.2) is 59.4 Å². The number of likely N-dealkylation sites (N-methyl/N-ethyl adjacent to an activating group) is 1. The molecule has 2 aromatic heterocycles. The summed E-state index contributed by atoms with van der Waals surface area (Å²) in [7, 11) is 3.67. The van der Waals surface area contributed by atoms with Gasteiger partial charge in [0.2, 0.25) is 5.91 Å². The van der Waals surface area contributed by atoms with Crippen molar-refractivity contribution in [1.82, 2.24) is 19.8 Å². The lowest BCUT2D eigenvalue weighted by molar-refractivity contribution is -0.130. The lowest BCUT2D eigenvalue weighted by Gasteiger charge is -2.33. The van der Waals surface area contributed by atoms with Crippen LogP contribution < -0.4 is 0 Å². The summed E-state index contributed by atoms with van der Waals surface area (Å²) in [4.78, 5) is 24.5. The second kappa shape index (κ2) is 9.07. The molecular formula is C27H36N4O. The molecule has 0 spiro atoms. The van der Waals surface area contributed by atoms with E-state index in [-0.39, 0.29) is 5.91 Å². The summed E-state index contributed by atoms with van der Waals surface area (Å²) in [5.41, 5.74) is 8.46. The van der Waals surface area contributed by atoms with Gasteiger partial charge in [0.15, 0.2) is 0 Å². The van der Waals surface area contributed by atoms with Crippen LogP contribution >= 0.6 is 0 Å². The molecule has 1 aromatic carbocycles. The van der Waals surface area contributed by atoms with Crippen molar-refractivity contribution < 1.29 is 4.79 Å². The average molecular weight is 433 g/mol. The van der Waals surface area contributed by atoms with Crippen LogP contribution in [0.25, 0.3) is 22.2 Å². The minimum absolute atomic E-state index is 0.182. The van der Waals surface area contributed by atoms with E-state index in [0.717, 1.165) is 30.9 Å². The Bertz CT molecular complexity index is 1110. The van der Waals surface area contributed by atoms with Crippen molar-refractivity contribution in [2.45, 2.75) is 52.4 Å². The van der Waals surface area contributed by atoms with Gasteiger partial charge in [-0.2, -0.15) is 0 Å². The number of H-pyrrole nitrogens is 1. The molecule has 5 nitrogen and oxygen atoms in total. The summed E-state index contributed by atoms with van der Waals surface area (Å²) in [6, 6.07) is 11.3. The van der Waals surface area contributed by atoms with Gasteiger partial charge < -0.3 is 9.88 Å². The number of fused-ring (bicyclic) bond motifs is 1. The highest BCUT2D eigenvalue weighted by Crippen LogP contribution is 2.38. The molecule has 0 aliphatic carbocycles. The van der Waals surface area contributed by atoms with E-state index in [1.54, 1.807) is 4.90 Å². The zero-order valence-corrected chi connectivity index (χ0v) is 20.3. The molecule has 4 rings (SSSR count). The van der Waals surface area contributed by atoms with Crippen molar-refractivity contribution in [1.29, 1.82) is 0 Å². The maximum absolute atomic E-state index is 12.2. The van der Waals surface area contributed by atoms with Crippen LogP contribution in [0.5, 0.6) is 0 Å². The first-order valence-corrected chi connectivity index (χ1v) is 11.8. The number of carbonyl (C=O) groups excluding carboxylic acids is 1. The number of aromatic amines is 1. The summed E-state index contributed by atoms with van der Waals surface area (Å²) in [5.74, 6) is 1.05. The van der Waals surface area contributed by atoms with Gasteiger partial charge in [-0.3, -0.25) is 14.7 Å². The molecule has 1 amide bonds. The molecule has 32 heavy (non-hydrogen) atoms. The molecule has 1 fully saturated rings. The van der Waals surface area contributed by atoms with Crippen molar-refractivity contribution in [2.24, 2.45) is 0 Å². The predicted octanol–water partition coefficient (Wildman–Crippen LogP) is 5.24. The Kier molecular flexibility index (Phi) is 6.38. The van der Waals surface area contributed by atoms with E-state index in [2.05, 4.69) is 72.9 Å². The van der Waals surface area contributed by atoms with Crippen molar-refractivity contribution in [3.05, 3.63) is 52.8 Å². The molecule has 5 heteroatoms. The second-order valence-corrected chi connectivity index (χ2v) is 9.87. The summed E-state index contributed by atoms with van der Waals surface area (Å²) >= 11 is 0. The number of aryl methyl sites for hydroxylation is 2. The Morgan fingerprint density at radius 1 is 1.19 bits per heavy atom. The van der Waals surface area contributed by atoms with Gasteiger partial charge in [0.25, 0.3) is 0 Å². The summed E-state index contributed by atoms with van der Waals surface area (Å²) in [6.45, 7) is 11.1. The summed E-state index contributed by atoms with van der Waals surface area (Å²) < 4.78 is 0. The van der Waals surface area contributed by atoms with Crippen LogP contribution in [0.4, 0.5) is 0 Å². The Labute approximate surface area is 191 Å². The molecule has 0 bridgehead atoms. The lowest BCUT2D eigenvalue weighted by atomic mass is 9.88. The summed E-state index contributed by atoms with van der Waals surface area (Å²) in [5, 5.41) is 1.32. The first-order chi connectivity index (χ1) is 15.2. The second-order valence-electron chi connectivity index (χ2n) is 9.87. The zero-order valence-electron chi connectivity index (χ0n) is 20.3. The van der Waals surface area contributed by atoms with Crippen LogP contribution in [0, 0.1) is 13.8 Å². The Balaban J connectivity index is 1.69. The maximum Gasteiger partial charge on any atom is 0.236 e. The van der Waals surface area contributed by atoms with Crippen LogP contribution in [0.3, 0.4) is 0 Å². The van der Waals surface area contributed by atoms with E-state index in [0.29, 0.717) is 18.4 Å². The number of hydrogen-bond donors (Lipinski definition) is 1.